The molecule has 0 fully saturated rings. The number of ether oxygens (including phenoxy) is 3. The first kappa shape index (κ1) is 21.1. The molecule has 0 aliphatic heterocycles. The largest absolute Gasteiger partial charge is 0.489 e. The van der Waals surface area contributed by atoms with Gasteiger partial charge in [-0.1, -0.05) is 18.7 Å². The minimum Gasteiger partial charge on any atom is -0.489 e. The zero-order chi connectivity index (χ0) is 21.8. The summed E-state index contributed by atoms with van der Waals surface area (Å²) in [6.45, 7) is 0.223. The topological polar surface area (TPSA) is 44.8 Å². The normalized spacial score (nSPS) is 10.9. The van der Waals surface area contributed by atoms with Crippen LogP contribution in [0.1, 0.15) is 10.4 Å². The first-order valence-electron chi connectivity index (χ1n) is 8.42. The second-order valence-corrected chi connectivity index (χ2v) is 5.89. The molecule has 0 spiro atoms. The quantitative estimate of drug-likeness (QED) is 0.213. The van der Waals surface area contributed by atoms with Gasteiger partial charge in [0, 0.05) is 17.5 Å². The summed E-state index contributed by atoms with van der Waals surface area (Å²) in [4.78, 5) is 12.2. The standard InChI is InChI=1S/C21H13F5O4/c1-2-7-28-13-9-15(22)18(16(23)10-13)20(27)29-12-4-5-14-11(8-12)3-6-17(19(14)24)30-21(25)26/h2-6,8-10,21H,1,7H2. The molecule has 3 aromatic carbocycles. The van der Waals surface area contributed by atoms with E-state index in [1.54, 1.807) is 0 Å². The SMILES string of the molecule is C=CCOc1cc(F)c(C(=O)Oc2ccc3c(F)c(OC(F)F)ccc3c2)c(F)c1. The van der Waals surface area contributed by atoms with Crippen LogP contribution in [0.4, 0.5) is 22.0 Å². The summed E-state index contributed by atoms with van der Waals surface area (Å²) in [5.41, 5.74) is -0.937. The monoisotopic (exact) mass is 424 g/mol. The third-order valence-electron chi connectivity index (χ3n) is 3.90. The first-order valence-corrected chi connectivity index (χ1v) is 8.42. The van der Waals surface area contributed by atoms with Gasteiger partial charge in [-0.2, -0.15) is 8.78 Å². The maximum atomic E-state index is 14.2. The number of hydrogen-bond acceptors (Lipinski definition) is 4. The lowest BCUT2D eigenvalue weighted by Gasteiger charge is -2.11. The lowest BCUT2D eigenvalue weighted by Crippen LogP contribution is -2.13. The van der Waals surface area contributed by atoms with E-state index >= 15 is 0 Å². The van der Waals surface area contributed by atoms with E-state index in [2.05, 4.69) is 11.3 Å². The van der Waals surface area contributed by atoms with Gasteiger partial charge in [0.25, 0.3) is 0 Å². The molecule has 0 bridgehead atoms. The van der Waals surface area contributed by atoms with E-state index in [0.717, 1.165) is 30.3 Å². The molecule has 0 heterocycles. The van der Waals surface area contributed by atoms with E-state index in [4.69, 9.17) is 9.47 Å². The van der Waals surface area contributed by atoms with Crippen molar-refractivity contribution in [1.82, 2.24) is 0 Å². The van der Waals surface area contributed by atoms with Gasteiger partial charge in [0.15, 0.2) is 11.6 Å². The Morgan fingerprint density at radius 1 is 1.00 bits per heavy atom. The van der Waals surface area contributed by atoms with Crippen LogP contribution in [-0.4, -0.2) is 19.2 Å². The molecule has 0 aromatic heterocycles. The van der Waals surface area contributed by atoms with Crippen LogP contribution < -0.4 is 14.2 Å². The Morgan fingerprint density at radius 3 is 2.33 bits per heavy atom. The summed E-state index contributed by atoms with van der Waals surface area (Å²) in [6, 6.07) is 7.40. The van der Waals surface area contributed by atoms with Crippen LogP contribution in [0.15, 0.2) is 55.1 Å². The molecule has 0 aliphatic carbocycles. The number of carbonyl (C=O) groups excluding carboxylic acids is 1. The molecule has 156 valence electrons. The molecule has 4 nitrogen and oxygen atoms in total. The van der Waals surface area contributed by atoms with E-state index < -0.39 is 41.3 Å². The molecule has 0 radical (unpaired) electrons. The highest BCUT2D eigenvalue weighted by Crippen LogP contribution is 2.30. The number of hydrogen-bond donors (Lipinski definition) is 0. The molecule has 0 N–H and O–H groups in total. The third kappa shape index (κ3) is 4.51. The van der Waals surface area contributed by atoms with Crippen LogP contribution in [0.5, 0.6) is 17.2 Å². The summed E-state index contributed by atoms with van der Waals surface area (Å²) < 4.78 is 81.3. The van der Waals surface area contributed by atoms with Crippen LogP contribution in [0.25, 0.3) is 10.8 Å². The molecular formula is C21H13F5O4. The number of halogens is 5. The van der Waals surface area contributed by atoms with E-state index in [-0.39, 0.29) is 28.9 Å². The molecule has 0 unspecified atom stereocenters. The van der Waals surface area contributed by atoms with Crippen LogP contribution in [0.2, 0.25) is 0 Å². The Morgan fingerprint density at radius 2 is 1.70 bits per heavy atom. The first-order chi connectivity index (χ1) is 14.3. The van der Waals surface area contributed by atoms with Crippen molar-refractivity contribution in [2.45, 2.75) is 6.61 Å². The highest BCUT2D eigenvalue weighted by atomic mass is 19.3. The summed E-state index contributed by atoms with van der Waals surface area (Å²) in [7, 11) is 0. The van der Waals surface area contributed by atoms with Gasteiger partial charge < -0.3 is 14.2 Å². The molecule has 0 atom stereocenters. The van der Waals surface area contributed by atoms with Crippen LogP contribution in [0, 0.1) is 17.5 Å². The second-order valence-electron chi connectivity index (χ2n) is 5.89. The molecule has 0 aliphatic rings. The zero-order valence-electron chi connectivity index (χ0n) is 15.1. The maximum Gasteiger partial charge on any atom is 0.387 e. The number of esters is 1. The van der Waals surface area contributed by atoms with Crippen molar-refractivity contribution in [2.24, 2.45) is 0 Å². The molecule has 3 aromatic rings. The Labute approximate surface area is 167 Å². The minimum atomic E-state index is -3.20. The van der Waals surface area contributed by atoms with Gasteiger partial charge in [-0.15, -0.1) is 0 Å². The second kappa shape index (κ2) is 8.81. The number of rotatable bonds is 7. The molecular weight excluding hydrogens is 411 g/mol. The zero-order valence-corrected chi connectivity index (χ0v) is 15.1. The van der Waals surface area contributed by atoms with Crippen LogP contribution in [0.3, 0.4) is 0 Å². The highest BCUT2D eigenvalue weighted by Gasteiger charge is 2.22. The highest BCUT2D eigenvalue weighted by molar-refractivity contribution is 5.93. The fourth-order valence-corrected chi connectivity index (χ4v) is 2.64. The summed E-state index contributed by atoms with van der Waals surface area (Å²) in [6.07, 6.45) is 1.38. The minimum absolute atomic E-state index is 0.0143. The number of carbonyl (C=O) groups is 1. The van der Waals surface area contributed by atoms with Crippen molar-refractivity contribution < 1.29 is 41.0 Å². The molecule has 0 saturated carbocycles. The molecule has 3 rings (SSSR count). The van der Waals surface area contributed by atoms with Gasteiger partial charge >= 0.3 is 12.6 Å². The van der Waals surface area contributed by atoms with Gasteiger partial charge in [-0.25, -0.2) is 18.0 Å². The summed E-state index contributed by atoms with van der Waals surface area (Å²) >= 11 is 0. The van der Waals surface area contributed by atoms with Gasteiger partial charge in [0.1, 0.15) is 35.3 Å². The molecule has 0 saturated heterocycles. The summed E-state index contributed by atoms with van der Waals surface area (Å²) in [5, 5.41) is 0.113. The lowest BCUT2D eigenvalue weighted by atomic mass is 10.1. The Bertz CT molecular complexity index is 1090. The number of benzene rings is 3. The molecule has 30 heavy (non-hydrogen) atoms. The Balaban J connectivity index is 1.85. The van der Waals surface area contributed by atoms with Crippen molar-refractivity contribution >= 4 is 16.7 Å². The summed E-state index contributed by atoms with van der Waals surface area (Å²) in [5.74, 6) is -5.66. The van der Waals surface area contributed by atoms with Crippen LogP contribution in [-0.2, 0) is 0 Å². The smallest absolute Gasteiger partial charge is 0.387 e. The van der Waals surface area contributed by atoms with Crippen molar-refractivity contribution in [1.29, 1.82) is 0 Å². The van der Waals surface area contributed by atoms with Crippen molar-refractivity contribution in [3.63, 3.8) is 0 Å². The van der Waals surface area contributed by atoms with Gasteiger partial charge in [-0.3, -0.25) is 0 Å². The number of alkyl halides is 2. The average Bonchev–Trinajstić information content (AvgIpc) is 2.67. The predicted octanol–water partition coefficient (Wildman–Crippen LogP) is 5.64. The van der Waals surface area contributed by atoms with Gasteiger partial charge in [0.05, 0.1) is 0 Å². The van der Waals surface area contributed by atoms with Crippen molar-refractivity contribution in [3.05, 3.63) is 78.1 Å². The van der Waals surface area contributed by atoms with E-state index in [9.17, 15) is 26.7 Å². The van der Waals surface area contributed by atoms with E-state index in [0.29, 0.717) is 0 Å². The maximum absolute atomic E-state index is 14.2. The van der Waals surface area contributed by atoms with Crippen molar-refractivity contribution in [3.8, 4) is 17.2 Å². The van der Waals surface area contributed by atoms with Gasteiger partial charge in [0.2, 0.25) is 0 Å². The van der Waals surface area contributed by atoms with Gasteiger partial charge in [-0.05, 0) is 29.7 Å². The van der Waals surface area contributed by atoms with E-state index in [1.165, 1.54) is 18.2 Å². The van der Waals surface area contributed by atoms with E-state index in [1.807, 2.05) is 0 Å². The number of fused-ring (bicyclic) bond motifs is 1. The Hall–Kier alpha value is -3.62. The van der Waals surface area contributed by atoms with Crippen molar-refractivity contribution in [2.75, 3.05) is 6.61 Å². The van der Waals surface area contributed by atoms with Crippen LogP contribution >= 0.6 is 0 Å². The molecule has 0 amide bonds. The molecule has 9 heteroatoms. The fourth-order valence-electron chi connectivity index (χ4n) is 2.64. The predicted molar refractivity (Wildman–Crippen MR) is 97.5 cm³/mol. The average molecular weight is 424 g/mol. The lowest BCUT2D eigenvalue weighted by molar-refractivity contribution is -0.0520. The third-order valence-corrected chi connectivity index (χ3v) is 3.90. The Kier molecular flexibility index (Phi) is 6.20. The fraction of sp³-hybridized carbons (Fsp3) is 0.0952.